The lowest BCUT2D eigenvalue weighted by Gasteiger charge is -2.43. The number of aryl methyl sites for hydroxylation is 1. The van der Waals surface area contributed by atoms with Crippen LogP contribution in [0, 0.1) is 12.8 Å². The number of carbonyl (C=O) groups excluding carboxylic acids is 1. The van der Waals surface area contributed by atoms with E-state index < -0.39 is 5.60 Å². The Kier molecular flexibility index (Phi) is 3.82. The zero-order valence-electron chi connectivity index (χ0n) is 13.0. The molecule has 2 aliphatic rings. The SMILES string of the molecule is Cc1ccoc1C(=O)N1CCC[C@@H]1[C@H]1CCCC[C@@]1(C)O. The number of likely N-dealkylation sites (tertiary alicyclic amines) is 1. The van der Waals surface area contributed by atoms with Gasteiger partial charge in [-0.2, -0.15) is 0 Å². The molecule has 3 rings (SSSR count). The van der Waals surface area contributed by atoms with E-state index in [4.69, 9.17) is 4.42 Å². The maximum Gasteiger partial charge on any atom is 0.290 e. The molecule has 2 fully saturated rings. The van der Waals surface area contributed by atoms with Crippen molar-refractivity contribution < 1.29 is 14.3 Å². The molecule has 0 aromatic carbocycles. The summed E-state index contributed by atoms with van der Waals surface area (Å²) < 4.78 is 5.37. The van der Waals surface area contributed by atoms with Gasteiger partial charge >= 0.3 is 0 Å². The number of furan rings is 1. The van der Waals surface area contributed by atoms with Crippen LogP contribution in [0.1, 0.15) is 61.6 Å². The van der Waals surface area contributed by atoms with Crippen molar-refractivity contribution in [1.82, 2.24) is 4.90 Å². The Morgan fingerprint density at radius 3 is 2.86 bits per heavy atom. The van der Waals surface area contributed by atoms with E-state index in [0.717, 1.165) is 50.6 Å². The van der Waals surface area contributed by atoms with Crippen molar-refractivity contribution in [2.45, 2.75) is 64.0 Å². The molecule has 1 aromatic rings. The molecular weight excluding hydrogens is 266 g/mol. The van der Waals surface area contributed by atoms with E-state index in [0.29, 0.717) is 5.76 Å². The summed E-state index contributed by atoms with van der Waals surface area (Å²) in [4.78, 5) is 14.7. The third-order valence-electron chi connectivity index (χ3n) is 5.33. The molecule has 116 valence electrons. The third-order valence-corrected chi connectivity index (χ3v) is 5.33. The van der Waals surface area contributed by atoms with Crippen LogP contribution in [-0.2, 0) is 0 Å². The summed E-state index contributed by atoms with van der Waals surface area (Å²) in [6.45, 7) is 4.62. The van der Waals surface area contributed by atoms with Crippen LogP contribution in [0.5, 0.6) is 0 Å². The van der Waals surface area contributed by atoms with Crippen molar-refractivity contribution in [3.63, 3.8) is 0 Å². The number of aliphatic hydroxyl groups is 1. The van der Waals surface area contributed by atoms with Gasteiger partial charge in [-0.3, -0.25) is 4.79 Å². The summed E-state index contributed by atoms with van der Waals surface area (Å²) >= 11 is 0. The van der Waals surface area contributed by atoms with Gasteiger partial charge in [-0.1, -0.05) is 12.8 Å². The Bertz CT molecular complexity index is 520. The molecule has 3 atom stereocenters. The average molecular weight is 291 g/mol. The highest BCUT2D eigenvalue weighted by molar-refractivity contribution is 5.93. The topological polar surface area (TPSA) is 53.7 Å². The van der Waals surface area contributed by atoms with Gasteiger partial charge < -0.3 is 14.4 Å². The number of hydrogen-bond acceptors (Lipinski definition) is 3. The van der Waals surface area contributed by atoms with Gasteiger partial charge in [-0.15, -0.1) is 0 Å². The smallest absolute Gasteiger partial charge is 0.290 e. The predicted octanol–water partition coefficient (Wildman–Crippen LogP) is 3.13. The predicted molar refractivity (Wildman–Crippen MR) is 80.1 cm³/mol. The number of hydrogen-bond donors (Lipinski definition) is 1. The number of amides is 1. The fourth-order valence-corrected chi connectivity index (χ4v) is 4.14. The number of nitrogens with zero attached hydrogens (tertiary/aromatic N) is 1. The minimum Gasteiger partial charge on any atom is -0.459 e. The minimum absolute atomic E-state index is 0.0126. The molecule has 1 aliphatic carbocycles. The lowest BCUT2D eigenvalue weighted by Crippen LogP contribution is -2.50. The normalized spacial score (nSPS) is 33.4. The van der Waals surface area contributed by atoms with Gasteiger partial charge in [0, 0.05) is 24.1 Å². The molecule has 0 unspecified atom stereocenters. The van der Waals surface area contributed by atoms with Gasteiger partial charge in [0.15, 0.2) is 5.76 Å². The fourth-order valence-electron chi connectivity index (χ4n) is 4.14. The van der Waals surface area contributed by atoms with Crippen molar-refractivity contribution in [2.75, 3.05) is 6.54 Å². The quantitative estimate of drug-likeness (QED) is 0.910. The standard InChI is InChI=1S/C17H25NO3/c1-12-8-11-21-15(12)16(19)18-10-5-7-14(18)13-6-3-4-9-17(13,2)20/h8,11,13-14,20H,3-7,9-10H2,1-2H3/t13-,14-,17-/m1/s1. The van der Waals surface area contributed by atoms with Crippen LogP contribution in [0.25, 0.3) is 0 Å². The molecule has 0 radical (unpaired) electrons. The first-order valence-corrected chi connectivity index (χ1v) is 8.08. The second-order valence-corrected chi connectivity index (χ2v) is 6.85. The molecule has 1 saturated carbocycles. The first kappa shape index (κ1) is 14.6. The Balaban J connectivity index is 1.82. The summed E-state index contributed by atoms with van der Waals surface area (Å²) in [5.74, 6) is 0.631. The summed E-state index contributed by atoms with van der Waals surface area (Å²) in [6.07, 6.45) is 7.68. The molecule has 4 heteroatoms. The van der Waals surface area contributed by atoms with Gasteiger partial charge in [0.05, 0.1) is 11.9 Å². The molecule has 1 saturated heterocycles. The molecule has 0 spiro atoms. The van der Waals surface area contributed by atoms with Crippen LogP contribution in [-0.4, -0.2) is 34.1 Å². The van der Waals surface area contributed by atoms with Crippen molar-refractivity contribution >= 4 is 5.91 Å². The Morgan fingerprint density at radius 1 is 1.38 bits per heavy atom. The van der Waals surface area contributed by atoms with Crippen LogP contribution in [0.15, 0.2) is 16.7 Å². The van der Waals surface area contributed by atoms with Gasteiger partial charge in [0.1, 0.15) is 0 Å². The van der Waals surface area contributed by atoms with E-state index in [1.807, 2.05) is 24.8 Å². The maximum absolute atomic E-state index is 12.7. The maximum atomic E-state index is 12.7. The summed E-state index contributed by atoms with van der Waals surface area (Å²) in [5.41, 5.74) is 0.241. The molecule has 1 aliphatic heterocycles. The van der Waals surface area contributed by atoms with Crippen molar-refractivity contribution in [3.8, 4) is 0 Å². The zero-order valence-corrected chi connectivity index (χ0v) is 13.0. The fraction of sp³-hybridized carbons (Fsp3) is 0.706. The molecule has 4 nitrogen and oxygen atoms in total. The summed E-state index contributed by atoms with van der Waals surface area (Å²) in [6, 6.07) is 1.98. The van der Waals surface area contributed by atoms with Crippen LogP contribution >= 0.6 is 0 Å². The zero-order chi connectivity index (χ0) is 15.0. The van der Waals surface area contributed by atoms with Gasteiger partial charge in [-0.05, 0) is 45.6 Å². The van der Waals surface area contributed by atoms with Crippen LogP contribution in [0.2, 0.25) is 0 Å². The molecule has 21 heavy (non-hydrogen) atoms. The number of carbonyl (C=O) groups is 1. The largest absolute Gasteiger partial charge is 0.459 e. The van der Waals surface area contributed by atoms with Gasteiger partial charge in [-0.25, -0.2) is 0 Å². The Morgan fingerprint density at radius 2 is 2.19 bits per heavy atom. The highest BCUT2D eigenvalue weighted by atomic mass is 16.3. The van der Waals surface area contributed by atoms with E-state index in [2.05, 4.69) is 0 Å². The van der Waals surface area contributed by atoms with E-state index in [9.17, 15) is 9.90 Å². The molecule has 2 heterocycles. The molecular formula is C17H25NO3. The number of rotatable bonds is 2. The highest BCUT2D eigenvalue weighted by Gasteiger charge is 2.45. The van der Waals surface area contributed by atoms with Crippen LogP contribution < -0.4 is 0 Å². The monoisotopic (exact) mass is 291 g/mol. The van der Waals surface area contributed by atoms with E-state index >= 15 is 0 Å². The first-order valence-electron chi connectivity index (χ1n) is 8.08. The minimum atomic E-state index is -0.649. The van der Waals surface area contributed by atoms with Crippen LogP contribution in [0.4, 0.5) is 0 Å². The van der Waals surface area contributed by atoms with E-state index in [1.54, 1.807) is 6.26 Å². The van der Waals surface area contributed by atoms with Crippen LogP contribution in [0.3, 0.4) is 0 Å². The van der Waals surface area contributed by atoms with Gasteiger partial charge in [0.2, 0.25) is 0 Å². The second-order valence-electron chi connectivity index (χ2n) is 6.85. The van der Waals surface area contributed by atoms with Crippen molar-refractivity contribution in [2.24, 2.45) is 5.92 Å². The highest BCUT2D eigenvalue weighted by Crippen LogP contribution is 2.41. The molecule has 1 N–H and O–H groups in total. The molecule has 1 aromatic heterocycles. The summed E-state index contributed by atoms with van der Waals surface area (Å²) in [7, 11) is 0. The lowest BCUT2D eigenvalue weighted by molar-refractivity contribution is -0.0580. The second kappa shape index (κ2) is 5.48. The van der Waals surface area contributed by atoms with Gasteiger partial charge in [0.25, 0.3) is 5.91 Å². The van der Waals surface area contributed by atoms with E-state index in [1.165, 1.54) is 0 Å². The molecule has 0 bridgehead atoms. The van der Waals surface area contributed by atoms with Crippen molar-refractivity contribution in [1.29, 1.82) is 0 Å². The average Bonchev–Trinajstić information content (AvgIpc) is 3.06. The van der Waals surface area contributed by atoms with Crippen molar-refractivity contribution in [3.05, 3.63) is 23.7 Å². The Labute approximate surface area is 126 Å². The van der Waals surface area contributed by atoms with E-state index in [-0.39, 0.29) is 17.9 Å². The lowest BCUT2D eigenvalue weighted by atomic mass is 9.72. The Hall–Kier alpha value is -1.29. The third kappa shape index (κ3) is 2.61. The summed E-state index contributed by atoms with van der Waals surface area (Å²) in [5, 5.41) is 10.7. The first-order chi connectivity index (χ1) is 10.0. The molecule has 1 amide bonds.